The average Bonchev–Trinajstić information content (AvgIpc) is 3.25. The first-order valence-corrected chi connectivity index (χ1v) is 7.09. The quantitative estimate of drug-likeness (QED) is 0.820. The molecule has 116 valence electrons. The Morgan fingerprint density at radius 3 is 2.68 bits per heavy atom. The third-order valence-corrected chi connectivity index (χ3v) is 4.37. The summed E-state index contributed by atoms with van der Waals surface area (Å²) in [7, 11) is 0. The van der Waals surface area contributed by atoms with Gasteiger partial charge in [0.15, 0.2) is 11.3 Å². The van der Waals surface area contributed by atoms with E-state index in [0.29, 0.717) is 0 Å². The maximum atomic E-state index is 13.9. The number of hydrogen-bond acceptors (Lipinski definition) is 2. The lowest BCUT2D eigenvalue weighted by molar-refractivity contribution is -0.183. The number of hydrogen-bond donors (Lipinski definition) is 2. The summed E-state index contributed by atoms with van der Waals surface area (Å²) in [6, 6.07) is 1.85. The van der Waals surface area contributed by atoms with Crippen molar-refractivity contribution in [3.05, 3.63) is 34.6 Å². The summed E-state index contributed by atoms with van der Waals surface area (Å²) in [5.74, 6) is 0.110. The number of anilines is 1. The molecule has 8 heteroatoms. The summed E-state index contributed by atoms with van der Waals surface area (Å²) in [5.41, 5.74) is -2.76. The summed E-state index contributed by atoms with van der Waals surface area (Å²) in [6.07, 6.45) is -2.22. The molecule has 1 fully saturated rings. The van der Waals surface area contributed by atoms with Gasteiger partial charge in [0, 0.05) is 5.92 Å². The number of allylic oxidation sites excluding steroid dienone is 1. The van der Waals surface area contributed by atoms with Crippen molar-refractivity contribution in [1.29, 1.82) is 0 Å². The normalized spacial score (nSPS) is 26.4. The van der Waals surface area contributed by atoms with E-state index in [4.69, 9.17) is 16.3 Å². The van der Waals surface area contributed by atoms with E-state index in [1.165, 1.54) is 12.1 Å². The summed E-state index contributed by atoms with van der Waals surface area (Å²) < 4.78 is 47.2. The van der Waals surface area contributed by atoms with Crippen LogP contribution in [0.25, 0.3) is 0 Å². The minimum absolute atomic E-state index is 0.0478. The molecule has 0 aromatic heterocycles. The number of halogens is 4. The molecule has 2 amide bonds. The summed E-state index contributed by atoms with van der Waals surface area (Å²) in [5, 5.41) is 4.46. The van der Waals surface area contributed by atoms with Crippen molar-refractivity contribution in [2.75, 3.05) is 5.32 Å². The van der Waals surface area contributed by atoms with Crippen molar-refractivity contribution in [2.24, 2.45) is 5.92 Å². The third kappa shape index (κ3) is 1.75. The van der Waals surface area contributed by atoms with Gasteiger partial charge >= 0.3 is 12.2 Å². The van der Waals surface area contributed by atoms with Crippen LogP contribution in [0.15, 0.2) is 24.0 Å². The number of rotatable bonds is 1. The van der Waals surface area contributed by atoms with Crippen LogP contribution in [-0.2, 0) is 5.54 Å². The molecule has 1 aromatic carbocycles. The molecule has 0 saturated heterocycles. The largest absolute Gasteiger partial charge is 0.460 e. The molecule has 0 unspecified atom stereocenters. The standard InChI is InChI=1S/C14H10ClF3N2O2/c15-7-3-4-8-10-11(7)22-9(6-1-2-6)5-13(10,14(16,17)18)20-12(21)19-8/h3-6H,1-2H2,(H2,19,20,21)/t13-/m0/s1. The first-order chi connectivity index (χ1) is 10.3. The molecule has 2 N–H and O–H groups in total. The van der Waals surface area contributed by atoms with Crippen molar-refractivity contribution in [3.8, 4) is 5.75 Å². The second kappa shape index (κ2) is 4.10. The average molecular weight is 331 g/mol. The molecule has 1 aliphatic carbocycles. The number of alkyl halides is 3. The topological polar surface area (TPSA) is 50.4 Å². The highest BCUT2D eigenvalue weighted by molar-refractivity contribution is 6.32. The van der Waals surface area contributed by atoms with Crippen molar-refractivity contribution in [3.63, 3.8) is 0 Å². The van der Waals surface area contributed by atoms with Crippen molar-refractivity contribution < 1.29 is 22.7 Å². The maximum absolute atomic E-state index is 13.9. The zero-order valence-corrected chi connectivity index (χ0v) is 11.8. The fourth-order valence-corrected chi connectivity index (χ4v) is 3.08. The third-order valence-electron chi connectivity index (χ3n) is 4.07. The van der Waals surface area contributed by atoms with Gasteiger partial charge in [-0.1, -0.05) is 11.6 Å². The minimum Gasteiger partial charge on any atom is -0.460 e. The van der Waals surface area contributed by atoms with Crippen LogP contribution in [0.1, 0.15) is 18.4 Å². The lowest BCUT2D eigenvalue weighted by Crippen LogP contribution is -2.60. The minimum atomic E-state index is -4.72. The van der Waals surface area contributed by atoms with Gasteiger partial charge < -0.3 is 15.4 Å². The van der Waals surface area contributed by atoms with E-state index in [2.05, 4.69) is 5.32 Å². The van der Waals surface area contributed by atoms with Gasteiger partial charge in [-0.05, 0) is 31.1 Å². The molecule has 3 aliphatic rings. The van der Waals surface area contributed by atoms with Crippen molar-refractivity contribution in [2.45, 2.75) is 24.6 Å². The van der Waals surface area contributed by atoms with Crippen LogP contribution in [0.4, 0.5) is 23.7 Å². The Balaban J connectivity index is 2.04. The number of carbonyl (C=O) groups is 1. The molecular weight excluding hydrogens is 321 g/mol. The summed E-state index contributed by atoms with van der Waals surface area (Å²) in [6.45, 7) is 0. The van der Waals surface area contributed by atoms with Gasteiger partial charge in [-0.15, -0.1) is 0 Å². The van der Waals surface area contributed by atoms with Crippen LogP contribution in [0, 0.1) is 5.92 Å². The smallest absolute Gasteiger partial charge is 0.419 e. The second-order valence-electron chi connectivity index (χ2n) is 5.61. The fraction of sp³-hybridized carbons (Fsp3) is 0.357. The van der Waals surface area contributed by atoms with Gasteiger partial charge in [0.05, 0.1) is 16.3 Å². The molecular formula is C14H10ClF3N2O2. The summed E-state index contributed by atoms with van der Waals surface area (Å²) in [4.78, 5) is 11.7. The van der Waals surface area contributed by atoms with Crippen molar-refractivity contribution >= 4 is 23.3 Å². The van der Waals surface area contributed by atoms with E-state index >= 15 is 0 Å². The summed E-state index contributed by atoms with van der Waals surface area (Å²) >= 11 is 6.04. The van der Waals surface area contributed by atoms with Crippen LogP contribution < -0.4 is 15.4 Å². The number of ether oxygens (including phenoxy) is 1. The molecule has 0 bridgehead atoms. The van der Waals surface area contributed by atoms with Gasteiger partial charge in [0.2, 0.25) is 0 Å². The zero-order chi connectivity index (χ0) is 15.7. The Kier molecular flexibility index (Phi) is 2.56. The highest BCUT2D eigenvalue weighted by atomic mass is 35.5. The van der Waals surface area contributed by atoms with Crippen LogP contribution >= 0.6 is 11.6 Å². The lowest BCUT2D eigenvalue weighted by Gasteiger charge is -2.42. The second-order valence-corrected chi connectivity index (χ2v) is 6.01. The molecule has 2 aliphatic heterocycles. The van der Waals surface area contributed by atoms with Gasteiger partial charge in [0.25, 0.3) is 0 Å². The van der Waals surface area contributed by atoms with Gasteiger partial charge in [-0.2, -0.15) is 13.2 Å². The molecule has 1 atom stereocenters. The van der Waals surface area contributed by atoms with E-state index in [1.807, 2.05) is 5.32 Å². The number of nitrogens with one attached hydrogen (secondary N) is 2. The molecule has 0 spiro atoms. The highest BCUT2D eigenvalue weighted by Crippen LogP contribution is 2.56. The van der Waals surface area contributed by atoms with E-state index in [9.17, 15) is 18.0 Å². The fourth-order valence-electron chi connectivity index (χ4n) is 2.88. The van der Waals surface area contributed by atoms with Gasteiger partial charge in [0.1, 0.15) is 5.76 Å². The first-order valence-electron chi connectivity index (χ1n) is 6.71. The van der Waals surface area contributed by atoms with E-state index in [1.54, 1.807) is 0 Å². The Hall–Kier alpha value is -1.89. The molecule has 4 rings (SSSR count). The Labute approximate surface area is 128 Å². The Bertz CT molecular complexity index is 728. The molecule has 1 saturated carbocycles. The molecule has 2 heterocycles. The predicted molar refractivity (Wildman–Crippen MR) is 72.8 cm³/mol. The Morgan fingerprint density at radius 2 is 2.05 bits per heavy atom. The monoisotopic (exact) mass is 330 g/mol. The van der Waals surface area contributed by atoms with Gasteiger partial charge in [-0.3, -0.25) is 0 Å². The molecule has 22 heavy (non-hydrogen) atoms. The van der Waals surface area contributed by atoms with Crippen LogP contribution in [0.2, 0.25) is 5.02 Å². The van der Waals surface area contributed by atoms with Gasteiger partial charge in [-0.25, -0.2) is 4.79 Å². The highest BCUT2D eigenvalue weighted by Gasteiger charge is 2.62. The van der Waals surface area contributed by atoms with Crippen LogP contribution in [0.3, 0.4) is 0 Å². The van der Waals surface area contributed by atoms with Crippen molar-refractivity contribution in [1.82, 2.24) is 5.32 Å². The Morgan fingerprint density at radius 1 is 1.32 bits per heavy atom. The molecule has 0 radical (unpaired) electrons. The number of amides is 2. The SMILES string of the molecule is O=C1Nc2ccc(Cl)c3c2[C@](C(F)(F)F)(C=C(C2CC2)O3)N1. The number of carbonyl (C=O) groups excluding carboxylic acids is 1. The lowest BCUT2D eigenvalue weighted by atomic mass is 9.82. The van der Waals surface area contributed by atoms with E-state index in [-0.39, 0.29) is 33.7 Å². The molecule has 4 nitrogen and oxygen atoms in total. The van der Waals surface area contributed by atoms with E-state index in [0.717, 1.165) is 18.9 Å². The first kappa shape index (κ1) is 13.8. The number of urea groups is 1. The maximum Gasteiger partial charge on any atom is 0.419 e. The zero-order valence-electron chi connectivity index (χ0n) is 11.1. The molecule has 1 aromatic rings. The number of benzene rings is 1. The van der Waals surface area contributed by atoms with Crippen LogP contribution in [-0.4, -0.2) is 12.2 Å². The predicted octanol–water partition coefficient (Wildman–Crippen LogP) is 3.92. The van der Waals surface area contributed by atoms with Crippen LogP contribution in [0.5, 0.6) is 5.75 Å². The van der Waals surface area contributed by atoms with E-state index < -0.39 is 17.7 Å².